The lowest BCUT2D eigenvalue weighted by molar-refractivity contribution is -0.139. The molecule has 1 atom stereocenters. The van der Waals surface area contributed by atoms with E-state index in [1.807, 2.05) is 45.0 Å². The summed E-state index contributed by atoms with van der Waals surface area (Å²) in [7, 11) is 1.33. The average Bonchev–Trinajstić information content (AvgIpc) is 2.99. The van der Waals surface area contributed by atoms with Gasteiger partial charge in [0, 0.05) is 12.1 Å². The maximum atomic E-state index is 13.1. The Hall–Kier alpha value is -3.41. The molecule has 6 nitrogen and oxygen atoms in total. The fourth-order valence-electron chi connectivity index (χ4n) is 3.81. The molecule has 1 heterocycles. The van der Waals surface area contributed by atoms with Crippen LogP contribution in [-0.2, 0) is 25.5 Å². The topological polar surface area (TPSA) is 83.9 Å². The number of rotatable bonds is 7. The number of esters is 1. The van der Waals surface area contributed by atoms with Crippen LogP contribution in [0.1, 0.15) is 43.0 Å². The molecule has 2 aromatic rings. The molecule has 0 bridgehead atoms. The highest BCUT2D eigenvalue weighted by molar-refractivity contribution is 6.16. The first-order valence-electron chi connectivity index (χ1n) is 10.2. The van der Waals surface area contributed by atoms with Crippen LogP contribution >= 0.6 is 0 Å². The van der Waals surface area contributed by atoms with E-state index >= 15 is 0 Å². The summed E-state index contributed by atoms with van der Waals surface area (Å²) in [5.41, 5.74) is 3.14. The fraction of sp³-hybridized carbons (Fsp3) is 0.320. The molecule has 162 valence electrons. The highest BCUT2D eigenvalue weighted by atomic mass is 16.5. The molecule has 0 aromatic heterocycles. The summed E-state index contributed by atoms with van der Waals surface area (Å²) in [6, 6.07) is 13.7. The monoisotopic (exact) mass is 421 g/mol. The minimum Gasteiger partial charge on any atom is -0.503 e. The van der Waals surface area contributed by atoms with Crippen LogP contribution < -0.4 is 4.90 Å². The Morgan fingerprint density at radius 2 is 1.81 bits per heavy atom. The van der Waals surface area contributed by atoms with E-state index in [0.29, 0.717) is 5.69 Å². The smallest absolute Gasteiger partial charge is 0.309 e. The van der Waals surface area contributed by atoms with E-state index in [4.69, 9.17) is 4.74 Å². The molecular weight excluding hydrogens is 394 g/mol. The van der Waals surface area contributed by atoms with E-state index in [1.165, 1.54) is 12.0 Å². The maximum absolute atomic E-state index is 13.1. The van der Waals surface area contributed by atoms with Crippen LogP contribution in [0.5, 0.6) is 0 Å². The zero-order valence-corrected chi connectivity index (χ0v) is 18.2. The molecule has 0 radical (unpaired) electrons. The molecule has 1 aliphatic rings. The van der Waals surface area contributed by atoms with E-state index in [0.717, 1.165) is 16.7 Å². The summed E-state index contributed by atoms with van der Waals surface area (Å²) in [6.45, 7) is 5.78. The van der Waals surface area contributed by atoms with Crippen LogP contribution in [0.2, 0.25) is 0 Å². The lowest BCUT2D eigenvalue weighted by atomic mass is 9.91. The fourth-order valence-corrected chi connectivity index (χ4v) is 3.81. The molecule has 3 rings (SSSR count). The third-order valence-corrected chi connectivity index (χ3v) is 5.25. The van der Waals surface area contributed by atoms with Crippen molar-refractivity contribution < 1.29 is 24.2 Å². The second-order valence-corrected chi connectivity index (χ2v) is 8.19. The van der Waals surface area contributed by atoms with Gasteiger partial charge in [0.15, 0.2) is 11.5 Å². The second-order valence-electron chi connectivity index (χ2n) is 8.19. The number of hydrogen-bond donors (Lipinski definition) is 1. The van der Waals surface area contributed by atoms with Gasteiger partial charge >= 0.3 is 5.97 Å². The van der Waals surface area contributed by atoms with E-state index in [-0.39, 0.29) is 36.1 Å². The third kappa shape index (κ3) is 4.68. The normalized spacial score (nSPS) is 16.2. The number of aryl methyl sites for hydroxylation is 1. The Bertz CT molecular complexity index is 1040. The van der Waals surface area contributed by atoms with Crippen molar-refractivity contribution in [2.75, 3.05) is 12.0 Å². The van der Waals surface area contributed by atoms with Gasteiger partial charge in [0.05, 0.1) is 25.1 Å². The quantitative estimate of drug-likeness (QED) is 0.677. The summed E-state index contributed by atoms with van der Waals surface area (Å²) >= 11 is 0. The first kappa shape index (κ1) is 22.3. The first-order valence-corrected chi connectivity index (χ1v) is 10.2. The number of methoxy groups -OCH3 is 1. The Kier molecular flexibility index (Phi) is 6.59. The number of carbonyl (C=O) groups excluding carboxylic acids is 3. The summed E-state index contributed by atoms with van der Waals surface area (Å²) in [5, 5.41) is 10.7. The Balaban J connectivity index is 2.05. The molecule has 1 unspecified atom stereocenters. The van der Waals surface area contributed by atoms with Gasteiger partial charge in [-0.15, -0.1) is 0 Å². The number of ether oxygens (including phenoxy) is 1. The number of ketones is 1. The van der Waals surface area contributed by atoms with E-state index < -0.39 is 17.7 Å². The number of anilines is 1. The van der Waals surface area contributed by atoms with Crippen molar-refractivity contribution in [2.24, 2.45) is 5.92 Å². The van der Waals surface area contributed by atoms with Crippen molar-refractivity contribution in [1.29, 1.82) is 0 Å². The van der Waals surface area contributed by atoms with E-state index in [2.05, 4.69) is 0 Å². The van der Waals surface area contributed by atoms with Gasteiger partial charge in [-0.25, -0.2) is 0 Å². The maximum Gasteiger partial charge on any atom is 0.309 e. The summed E-state index contributed by atoms with van der Waals surface area (Å²) in [5.74, 6) is -1.62. The molecular formula is C25H27NO5. The number of carbonyl (C=O) groups is 3. The van der Waals surface area contributed by atoms with Crippen LogP contribution in [-0.4, -0.2) is 29.9 Å². The van der Waals surface area contributed by atoms with Gasteiger partial charge in [-0.05, 0) is 36.1 Å². The number of hydrogen-bond acceptors (Lipinski definition) is 5. The van der Waals surface area contributed by atoms with Crippen LogP contribution in [0.3, 0.4) is 0 Å². The van der Waals surface area contributed by atoms with Gasteiger partial charge in [-0.1, -0.05) is 55.8 Å². The molecule has 1 amide bonds. The van der Waals surface area contributed by atoms with Gasteiger partial charge in [0.1, 0.15) is 0 Å². The van der Waals surface area contributed by atoms with E-state index in [1.54, 1.807) is 24.3 Å². The number of nitrogens with zero attached hydrogens (tertiary/aromatic N) is 1. The van der Waals surface area contributed by atoms with Gasteiger partial charge in [-0.3, -0.25) is 19.3 Å². The Labute approximate surface area is 182 Å². The third-order valence-electron chi connectivity index (χ3n) is 5.25. The first-order chi connectivity index (χ1) is 14.7. The lowest BCUT2D eigenvalue weighted by Gasteiger charge is -2.27. The molecule has 0 saturated carbocycles. The van der Waals surface area contributed by atoms with Crippen LogP contribution in [0.4, 0.5) is 5.69 Å². The molecule has 1 aliphatic heterocycles. The standard InChI is InChI=1S/C25H27NO5/c1-15(2)12-20(27)22-23(18-7-5-6-16(3)13-18)26(25(30)24(22)29)19-10-8-17(9-11-19)14-21(28)31-4/h5-11,13,15,23,29H,12,14H2,1-4H3. The minimum absolute atomic E-state index is 0.0905. The lowest BCUT2D eigenvalue weighted by Crippen LogP contribution is -2.31. The highest BCUT2D eigenvalue weighted by Gasteiger charge is 2.44. The van der Waals surface area contributed by atoms with Gasteiger partial charge in [-0.2, -0.15) is 0 Å². The van der Waals surface area contributed by atoms with Crippen molar-refractivity contribution in [2.45, 2.75) is 39.7 Å². The summed E-state index contributed by atoms with van der Waals surface area (Å²) in [6.07, 6.45) is 0.356. The molecule has 31 heavy (non-hydrogen) atoms. The number of benzene rings is 2. The van der Waals surface area contributed by atoms with Crippen LogP contribution in [0.25, 0.3) is 0 Å². The molecule has 0 saturated heterocycles. The summed E-state index contributed by atoms with van der Waals surface area (Å²) < 4.78 is 4.69. The number of Topliss-reactive ketones (excluding diaryl/α,β-unsaturated/α-hetero) is 1. The number of aliphatic hydroxyl groups is 1. The Morgan fingerprint density at radius 1 is 1.13 bits per heavy atom. The SMILES string of the molecule is COC(=O)Cc1ccc(N2C(=O)C(O)=C(C(=O)CC(C)C)C2c2cccc(C)c2)cc1. The average molecular weight is 421 g/mol. The van der Waals surface area contributed by atoms with Gasteiger partial charge in [0.25, 0.3) is 5.91 Å². The van der Waals surface area contributed by atoms with E-state index in [9.17, 15) is 19.5 Å². The number of amides is 1. The molecule has 0 aliphatic carbocycles. The molecule has 0 fully saturated rings. The van der Waals surface area contributed by atoms with Crippen molar-refractivity contribution >= 4 is 23.3 Å². The second kappa shape index (κ2) is 9.16. The predicted molar refractivity (Wildman–Crippen MR) is 118 cm³/mol. The van der Waals surface area contributed by atoms with Crippen molar-refractivity contribution in [3.05, 3.63) is 76.6 Å². The molecule has 1 N–H and O–H groups in total. The van der Waals surface area contributed by atoms with Gasteiger partial charge in [0.2, 0.25) is 0 Å². The van der Waals surface area contributed by atoms with Crippen LogP contribution in [0, 0.1) is 12.8 Å². The minimum atomic E-state index is -0.717. The molecule has 0 spiro atoms. The zero-order valence-electron chi connectivity index (χ0n) is 18.2. The molecule has 6 heteroatoms. The van der Waals surface area contributed by atoms with Gasteiger partial charge < -0.3 is 9.84 Å². The van der Waals surface area contributed by atoms with Crippen molar-refractivity contribution in [3.63, 3.8) is 0 Å². The highest BCUT2D eigenvalue weighted by Crippen LogP contribution is 2.41. The van der Waals surface area contributed by atoms with Crippen molar-refractivity contribution in [1.82, 2.24) is 0 Å². The van der Waals surface area contributed by atoms with Crippen LogP contribution in [0.15, 0.2) is 59.9 Å². The Morgan fingerprint density at radius 3 is 2.39 bits per heavy atom. The number of aliphatic hydroxyl groups excluding tert-OH is 1. The predicted octanol–water partition coefficient (Wildman–Crippen LogP) is 4.23. The summed E-state index contributed by atoms with van der Waals surface area (Å²) in [4.78, 5) is 39.1. The van der Waals surface area contributed by atoms with Crippen molar-refractivity contribution in [3.8, 4) is 0 Å². The zero-order chi connectivity index (χ0) is 22.7. The largest absolute Gasteiger partial charge is 0.503 e. The molecule has 2 aromatic carbocycles.